The van der Waals surface area contributed by atoms with Crippen LogP contribution in [0.1, 0.15) is 22.6 Å². The van der Waals surface area contributed by atoms with Gasteiger partial charge in [0, 0.05) is 45.3 Å². The monoisotopic (exact) mass is 285 g/mol. The van der Waals surface area contributed by atoms with Crippen molar-refractivity contribution in [3.63, 3.8) is 0 Å². The Morgan fingerprint density at radius 2 is 1.71 bits per heavy atom. The first-order valence-corrected chi connectivity index (χ1v) is 7.61. The minimum Gasteiger partial charge on any atom is -0.361 e. The molecule has 21 heavy (non-hydrogen) atoms. The van der Waals surface area contributed by atoms with Crippen LogP contribution in [0.25, 0.3) is 0 Å². The van der Waals surface area contributed by atoms with Crippen LogP contribution in [-0.4, -0.2) is 41.1 Å². The van der Waals surface area contributed by atoms with Gasteiger partial charge in [-0.15, -0.1) is 0 Å². The Morgan fingerprint density at radius 1 is 1.00 bits per heavy atom. The molecule has 3 rings (SSSR count). The van der Waals surface area contributed by atoms with E-state index >= 15 is 0 Å². The molecular weight excluding hydrogens is 262 g/mol. The summed E-state index contributed by atoms with van der Waals surface area (Å²) in [4.78, 5) is 4.98. The predicted molar refractivity (Wildman–Crippen MR) is 83.0 cm³/mol. The number of piperazine rings is 1. The molecule has 0 N–H and O–H groups in total. The number of rotatable bonds is 4. The van der Waals surface area contributed by atoms with Crippen LogP contribution in [-0.2, 0) is 13.1 Å². The molecule has 0 spiro atoms. The van der Waals surface area contributed by atoms with Crippen molar-refractivity contribution in [3.8, 4) is 0 Å². The van der Waals surface area contributed by atoms with Gasteiger partial charge in [0.1, 0.15) is 5.76 Å². The van der Waals surface area contributed by atoms with Crippen molar-refractivity contribution in [1.29, 1.82) is 0 Å². The fourth-order valence-electron chi connectivity index (χ4n) is 2.90. The van der Waals surface area contributed by atoms with Crippen LogP contribution in [0.2, 0.25) is 0 Å². The molecule has 112 valence electrons. The Hall–Kier alpha value is -1.65. The topological polar surface area (TPSA) is 32.5 Å². The van der Waals surface area contributed by atoms with E-state index in [-0.39, 0.29) is 0 Å². The van der Waals surface area contributed by atoms with Gasteiger partial charge in [-0.1, -0.05) is 35.0 Å². The first-order valence-electron chi connectivity index (χ1n) is 7.61. The zero-order valence-electron chi connectivity index (χ0n) is 12.9. The minimum absolute atomic E-state index is 0.892. The Labute approximate surface area is 126 Å². The quantitative estimate of drug-likeness (QED) is 0.864. The lowest BCUT2D eigenvalue weighted by atomic mass is 10.1. The molecule has 4 heteroatoms. The highest BCUT2D eigenvalue weighted by Gasteiger charge is 2.18. The molecule has 1 aromatic heterocycles. The van der Waals surface area contributed by atoms with Gasteiger partial charge in [0.25, 0.3) is 0 Å². The van der Waals surface area contributed by atoms with Gasteiger partial charge in [0.2, 0.25) is 0 Å². The Bertz CT molecular complexity index is 585. The summed E-state index contributed by atoms with van der Waals surface area (Å²) < 4.78 is 5.13. The van der Waals surface area contributed by atoms with Gasteiger partial charge in [-0.05, 0) is 19.4 Å². The maximum atomic E-state index is 5.13. The molecular formula is C17H23N3O. The lowest BCUT2D eigenvalue weighted by Gasteiger charge is -2.34. The molecule has 0 unspecified atom stereocenters. The summed E-state index contributed by atoms with van der Waals surface area (Å²) in [6, 6.07) is 10.8. The molecule has 0 radical (unpaired) electrons. The highest BCUT2D eigenvalue weighted by molar-refractivity contribution is 5.22. The first-order chi connectivity index (χ1) is 10.2. The maximum absolute atomic E-state index is 5.13. The lowest BCUT2D eigenvalue weighted by Crippen LogP contribution is -2.45. The van der Waals surface area contributed by atoms with Crippen LogP contribution < -0.4 is 0 Å². The largest absolute Gasteiger partial charge is 0.361 e. The van der Waals surface area contributed by atoms with E-state index in [2.05, 4.69) is 46.1 Å². The van der Waals surface area contributed by atoms with E-state index < -0.39 is 0 Å². The van der Waals surface area contributed by atoms with Crippen molar-refractivity contribution in [2.45, 2.75) is 26.9 Å². The van der Waals surface area contributed by atoms with Crippen LogP contribution in [0, 0.1) is 13.8 Å². The van der Waals surface area contributed by atoms with Crippen molar-refractivity contribution in [3.05, 3.63) is 52.9 Å². The highest BCUT2D eigenvalue weighted by atomic mass is 16.5. The van der Waals surface area contributed by atoms with Gasteiger partial charge in [0.15, 0.2) is 0 Å². The van der Waals surface area contributed by atoms with Crippen molar-refractivity contribution in [2.75, 3.05) is 26.2 Å². The van der Waals surface area contributed by atoms with Gasteiger partial charge in [0.05, 0.1) is 5.69 Å². The fraction of sp³-hybridized carbons (Fsp3) is 0.471. The van der Waals surface area contributed by atoms with E-state index in [1.807, 2.05) is 13.0 Å². The van der Waals surface area contributed by atoms with Crippen LogP contribution in [0.15, 0.2) is 34.9 Å². The Balaban J connectivity index is 1.48. The third-order valence-corrected chi connectivity index (χ3v) is 4.02. The summed E-state index contributed by atoms with van der Waals surface area (Å²) >= 11 is 0. The lowest BCUT2D eigenvalue weighted by molar-refractivity contribution is 0.120. The zero-order chi connectivity index (χ0) is 14.7. The summed E-state index contributed by atoms with van der Waals surface area (Å²) in [6.07, 6.45) is 0. The third kappa shape index (κ3) is 3.93. The second-order valence-electron chi connectivity index (χ2n) is 5.97. The molecule has 0 aliphatic carbocycles. The number of hydrogen-bond acceptors (Lipinski definition) is 4. The van der Waals surface area contributed by atoms with E-state index in [0.717, 1.165) is 50.7 Å². The summed E-state index contributed by atoms with van der Waals surface area (Å²) in [6.45, 7) is 10.5. The molecule has 0 bridgehead atoms. The molecule has 0 saturated carbocycles. The molecule has 2 aromatic rings. The summed E-state index contributed by atoms with van der Waals surface area (Å²) in [5.74, 6) is 0.892. The first kappa shape index (κ1) is 14.3. The van der Waals surface area contributed by atoms with E-state index in [4.69, 9.17) is 4.52 Å². The molecule has 0 atom stereocenters. The van der Waals surface area contributed by atoms with Crippen LogP contribution >= 0.6 is 0 Å². The minimum atomic E-state index is 0.892. The van der Waals surface area contributed by atoms with Crippen molar-refractivity contribution < 1.29 is 4.52 Å². The SMILES string of the molecule is Cc1cccc(CN2CCN(Cc3cc(C)on3)CC2)c1. The predicted octanol–water partition coefficient (Wildman–Crippen LogP) is 2.61. The number of hydrogen-bond donors (Lipinski definition) is 0. The number of nitrogens with zero attached hydrogens (tertiary/aromatic N) is 3. The molecule has 4 nitrogen and oxygen atoms in total. The van der Waals surface area contributed by atoms with Gasteiger partial charge < -0.3 is 4.52 Å². The molecule has 1 aliphatic heterocycles. The van der Waals surface area contributed by atoms with Gasteiger partial charge in [-0.3, -0.25) is 9.80 Å². The second kappa shape index (κ2) is 6.41. The van der Waals surface area contributed by atoms with E-state index in [9.17, 15) is 0 Å². The van der Waals surface area contributed by atoms with Crippen LogP contribution in [0.5, 0.6) is 0 Å². The molecule has 0 amide bonds. The smallest absolute Gasteiger partial charge is 0.133 e. The van der Waals surface area contributed by atoms with E-state index in [0.29, 0.717) is 0 Å². The van der Waals surface area contributed by atoms with Gasteiger partial charge >= 0.3 is 0 Å². The van der Waals surface area contributed by atoms with Crippen molar-refractivity contribution in [2.24, 2.45) is 0 Å². The fourth-order valence-corrected chi connectivity index (χ4v) is 2.90. The standard InChI is InChI=1S/C17H23N3O/c1-14-4-3-5-16(10-14)12-19-6-8-20(9-7-19)13-17-11-15(2)21-18-17/h3-5,10-11H,6-9,12-13H2,1-2H3. The van der Waals surface area contributed by atoms with Crippen LogP contribution in [0.3, 0.4) is 0 Å². The normalized spacial score (nSPS) is 17.2. The van der Waals surface area contributed by atoms with E-state index in [1.165, 1.54) is 11.1 Å². The summed E-state index contributed by atoms with van der Waals surface area (Å²) in [5, 5.41) is 4.08. The summed E-state index contributed by atoms with van der Waals surface area (Å²) in [5.41, 5.74) is 3.79. The Kier molecular flexibility index (Phi) is 4.36. The number of aromatic nitrogens is 1. The second-order valence-corrected chi connectivity index (χ2v) is 5.97. The van der Waals surface area contributed by atoms with Gasteiger partial charge in [-0.2, -0.15) is 0 Å². The van der Waals surface area contributed by atoms with Gasteiger partial charge in [-0.25, -0.2) is 0 Å². The zero-order valence-corrected chi connectivity index (χ0v) is 12.9. The molecule has 1 saturated heterocycles. The average Bonchev–Trinajstić information content (AvgIpc) is 2.86. The third-order valence-electron chi connectivity index (χ3n) is 4.02. The molecule has 1 aliphatic rings. The average molecular weight is 285 g/mol. The highest BCUT2D eigenvalue weighted by Crippen LogP contribution is 2.12. The Morgan fingerprint density at radius 3 is 2.33 bits per heavy atom. The summed E-state index contributed by atoms with van der Waals surface area (Å²) in [7, 11) is 0. The molecule has 1 aromatic carbocycles. The van der Waals surface area contributed by atoms with E-state index in [1.54, 1.807) is 0 Å². The van der Waals surface area contributed by atoms with Crippen molar-refractivity contribution in [1.82, 2.24) is 15.0 Å². The molecule has 1 fully saturated rings. The maximum Gasteiger partial charge on any atom is 0.133 e. The van der Waals surface area contributed by atoms with Crippen LogP contribution in [0.4, 0.5) is 0 Å². The van der Waals surface area contributed by atoms with Crippen molar-refractivity contribution >= 4 is 0 Å². The number of aryl methyl sites for hydroxylation is 2. The molecule has 2 heterocycles. The number of benzene rings is 1.